The Balaban J connectivity index is 1.89. The van der Waals surface area contributed by atoms with Crippen molar-refractivity contribution in [2.75, 3.05) is 13.7 Å². The molecule has 0 atom stereocenters. The average Bonchev–Trinajstić information content (AvgIpc) is 3.03. The number of hydrogen-bond donors (Lipinski definition) is 1. The molecule has 1 heterocycles. The van der Waals surface area contributed by atoms with E-state index in [1.165, 1.54) is 17.7 Å². The van der Waals surface area contributed by atoms with Crippen molar-refractivity contribution in [3.63, 3.8) is 0 Å². The molecule has 0 radical (unpaired) electrons. The third-order valence-electron chi connectivity index (χ3n) is 2.70. The summed E-state index contributed by atoms with van der Waals surface area (Å²) in [5, 5.41) is 10.7. The van der Waals surface area contributed by atoms with Crippen molar-refractivity contribution >= 4 is 11.3 Å². The molecule has 0 amide bonds. The fourth-order valence-electron chi connectivity index (χ4n) is 1.64. The van der Waals surface area contributed by atoms with Crippen LogP contribution in [0.2, 0.25) is 0 Å². The molecule has 1 aliphatic rings. The van der Waals surface area contributed by atoms with E-state index in [0.29, 0.717) is 6.42 Å². The Hall–Kier alpha value is -0.820. The lowest BCUT2D eigenvalue weighted by Gasteiger charge is -2.13. The molecule has 1 aliphatic carbocycles. The lowest BCUT2D eigenvalue weighted by atomic mass is 10.3. The second kappa shape index (κ2) is 5.49. The number of aliphatic hydroxyl groups is 1. The molecule has 1 saturated carbocycles. The van der Waals surface area contributed by atoms with Gasteiger partial charge in [0, 0.05) is 34.8 Å². The first kappa shape index (κ1) is 11.7. The van der Waals surface area contributed by atoms with Crippen molar-refractivity contribution in [3.05, 3.63) is 21.9 Å². The van der Waals surface area contributed by atoms with Crippen LogP contribution >= 0.6 is 11.3 Å². The number of thiophene rings is 1. The van der Waals surface area contributed by atoms with Gasteiger partial charge in [-0.1, -0.05) is 11.8 Å². The van der Waals surface area contributed by atoms with E-state index in [1.54, 1.807) is 11.3 Å². The maximum Gasteiger partial charge on any atom is 0.0540 e. The third kappa shape index (κ3) is 3.34. The highest BCUT2D eigenvalue weighted by molar-refractivity contribution is 7.10. The molecular weight excluding hydrogens is 218 g/mol. The molecule has 1 fully saturated rings. The number of rotatable bonds is 4. The van der Waals surface area contributed by atoms with E-state index in [4.69, 9.17) is 5.11 Å². The fraction of sp³-hybridized carbons (Fsp3) is 0.538. The number of nitrogens with zero attached hydrogens (tertiary/aromatic N) is 1. The van der Waals surface area contributed by atoms with Gasteiger partial charge in [-0.05, 0) is 26.0 Å². The molecule has 2 nitrogen and oxygen atoms in total. The van der Waals surface area contributed by atoms with Crippen LogP contribution in [0, 0.1) is 11.8 Å². The zero-order valence-corrected chi connectivity index (χ0v) is 10.4. The quantitative estimate of drug-likeness (QED) is 0.808. The van der Waals surface area contributed by atoms with Crippen molar-refractivity contribution in [2.45, 2.75) is 31.8 Å². The van der Waals surface area contributed by atoms with Gasteiger partial charge >= 0.3 is 0 Å². The van der Waals surface area contributed by atoms with Gasteiger partial charge in [0.25, 0.3) is 0 Å². The molecule has 2 rings (SSSR count). The second-order valence-corrected chi connectivity index (χ2v) is 5.22. The van der Waals surface area contributed by atoms with Crippen LogP contribution in [0.25, 0.3) is 0 Å². The third-order valence-corrected chi connectivity index (χ3v) is 3.62. The molecule has 0 spiro atoms. The monoisotopic (exact) mass is 235 g/mol. The van der Waals surface area contributed by atoms with Crippen molar-refractivity contribution in [1.29, 1.82) is 0 Å². The molecular formula is C13H17NOS. The Labute approximate surface area is 101 Å². The normalized spacial score (nSPS) is 14.9. The molecule has 0 saturated heterocycles. The topological polar surface area (TPSA) is 23.5 Å². The summed E-state index contributed by atoms with van der Waals surface area (Å²) in [5.74, 6) is 6.01. The molecule has 16 heavy (non-hydrogen) atoms. The van der Waals surface area contributed by atoms with Crippen LogP contribution in [0.4, 0.5) is 0 Å². The summed E-state index contributed by atoms with van der Waals surface area (Å²) >= 11 is 1.77. The summed E-state index contributed by atoms with van der Waals surface area (Å²) in [6.45, 7) is 1.19. The minimum Gasteiger partial charge on any atom is -0.395 e. The molecule has 1 aromatic rings. The minimum absolute atomic E-state index is 0.147. The highest BCUT2D eigenvalue weighted by Gasteiger charge is 2.25. The molecule has 3 heteroatoms. The summed E-state index contributed by atoms with van der Waals surface area (Å²) in [5.41, 5.74) is 1.08. The molecule has 1 aromatic heterocycles. The van der Waals surface area contributed by atoms with Gasteiger partial charge in [-0.15, -0.1) is 11.3 Å². The smallest absolute Gasteiger partial charge is 0.0540 e. The Morgan fingerprint density at radius 1 is 1.56 bits per heavy atom. The summed E-state index contributed by atoms with van der Waals surface area (Å²) in [6.07, 6.45) is 3.27. The van der Waals surface area contributed by atoms with Crippen LogP contribution in [-0.2, 0) is 6.54 Å². The van der Waals surface area contributed by atoms with Crippen LogP contribution in [0.1, 0.15) is 29.7 Å². The summed E-state index contributed by atoms with van der Waals surface area (Å²) in [4.78, 5) is 3.79. The molecule has 86 valence electrons. The standard InChI is InChI=1S/C13H17NOS/c1-14(12-5-6-12)9-13-8-11(10-16-13)4-2-3-7-15/h8,10,12,15H,3,5-7,9H2,1H3. The first-order chi connectivity index (χ1) is 7.79. The largest absolute Gasteiger partial charge is 0.395 e. The summed E-state index contributed by atoms with van der Waals surface area (Å²) in [7, 11) is 2.19. The van der Waals surface area contributed by atoms with Crippen LogP contribution in [0.5, 0.6) is 0 Å². The Bertz CT molecular complexity index is 398. The predicted octanol–water partition coefficient (Wildman–Crippen LogP) is 2.08. The van der Waals surface area contributed by atoms with Gasteiger partial charge in [0.15, 0.2) is 0 Å². The molecule has 0 unspecified atom stereocenters. The molecule has 0 aliphatic heterocycles. The number of hydrogen-bond acceptors (Lipinski definition) is 3. The van der Waals surface area contributed by atoms with E-state index >= 15 is 0 Å². The molecule has 0 aromatic carbocycles. The highest BCUT2D eigenvalue weighted by atomic mass is 32.1. The van der Waals surface area contributed by atoms with Gasteiger partial charge in [0.05, 0.1) is 6.61 Å². The Kier molecular flexibility index (Phi) is 4.00. The van der Waals surface area contributed by atoms with E-state index in [9.17, 15) is 0 Å². The Morgan fingerprint density at radius 3 is 3.06 bits per heavy atom. The number of aliphatic hydroxyl groups excluding tert-OH is 1. The predicted molar refractivity (Wildman–Crippen MR) is 67.4 cm³/mol. The van der Waals surface area contributed by atoms with Crippen LogP contribution in [0.15, 0.2) is 11.4 Å². The first-order valence-corrected chi connectivity index (χ1v) is 6.55. The SMILES string of the molecule is CN(Cc1cc(C#CCCO)cs1)C1CC1. The molecule has 1 N–H and O–H groups in total. The zero-order chi connectivity index (χ0) is 11.4. The van der Waals surface area contributed by atoms with Crippen LogP contribution in [-0.4, -0.2) is 29.7 Å². The van der Waals surface area contributed by atoms with Gasteiger partial charge in [-0.3, -0.25) is 4.90 Å². The van der Waals surface area contributed by atoms with Gasteiger partial charge in [0.2, 0.25) is 0 Å². The van der Waals surface area contributed by atoms with Crippen LogP contribution in [0.3, 0.4) is 0 Å². The summed E-state index contributed by atoms with van der Waals surface area (Å²) < 4.78 is 0. The minimum atomic E-state index is 0.147. The summed E-state index contributed by atoms with van der Waals surface area (Å²) in [6, 6.07) is 2.97. The van der Waals surface area contributed by atoms with Crippen molar-refractivity contribution in [2.24, 2.45) is 0 Å². The van der Waals surface area contributed by atoms with Crippen molar-refractivity contribution in [3.8, 4) is 11.8 Å². The maximum atomic E-state index is 8.63. The molecule has 0 bridgehead atoms. The van der Waals surface area contributed by atoms with Crippen molar-refractivity contribution in [1.82, 2.24) is 4.90 Å². The first-order valence-electron chi connectivity index (χ1n) is 5.67. The van der Waals surface area contributed by atoms with Gasteiger partial charge in [0.1, 0.15) is 0 Å². The zero-order valence-electron chi connectivity index (χ0n) is 9.57. The van der Waals surface area contributed by atoms with Crippen LogP contribution < -0.4 is 0 Å². The van der Waals surface area contributed by atoms with E-state index in [0.717, 1.165) is 18.2 Å². The second-order valence-electron chi connectivity index (χ2n) is 4.22. The van der Waals surface area contributed by atoms with E-state index in [1.807, 2.05) is 0 Å². The lowest BCUT2D eigenvalue weighted by Crippen LogP contribution is -2.19. The fourth-order valence-corrected chi connectivity index (χ4v) is 2.52. The van der Waals surface area contributed by atoms with E-state index in [-0.39, 0.29) is 6.61 Å². The lowest BCUT2D eigenvalue weighted by molar-refractivity contribution is 0.305. The maximum absolute atomic E-state index is 8.63. The Morgan fingerprint density at radius 2 is 2.38 bits per heavy atom. The average molecular weight is 235 g/mol. The van der Waals surface area contributed by atoms with Gasteiger partial charge < -0.3 is 5.11 Å². The van der Waals surface area contributed by atoms with E-state index < -0.39 is 0 Å². The van der Waals surface area contributed by atoms with Crippen molar-refractivity contribution < 1.29 is 5.11 Å². The van der Waals surface area contributed by atoms with E-state index in [2.05, 4.69) is 35.2 Å². The highest BCUT2D eigenvalue weighted by Crippen LogP contribution is 2.27. The van der Waals surface area contributed by atoms with Gasteiger partial charge in [-0.25, -0.2) is 0 Å². The van der Waals surface area contributed by atoms with Gasteiger partial charge in [-0.2, -0.15) is 0 Å².